The van der Waals surface area contributed by atoms with Gasteiger partial charge in [-0.05, 0) is 24.8 Å². The number of carbonyl (C=O) groups is 1. The Hall–Kier alpha value is -1.40. The Kier molecular flexibility index (Phi) is 5.00. The number of carbonyl (C=O) groups excluding carboxylic acids is 1. The molecule has 1 aliphatic rings. The van der Waals surface area contributed by atoms with Gasteiger partial charge in [0.2, 0.25) is 5.91 Å². The molecule has 1 fully saturated rings. The van der Waals surface area contributed by atoms with Crippen LogP contribution in [0.4, 0.5) is 0 Å². The molecule has 1 aromatic carbocycles. The lowest BCUT2D eigenvalue weighted by Gasteiger charge is -2.33. The van der Waals surface area contributed by atoms with Crippen molar-refractivity contribution in [2.75, 3.05) is 19.3 Å². The van der Waals surface area contributed by atoms with Gasteiger partial charge in [-0.15, -0.1) is 0 Å². The second-order valence-electron chi connectivity index (χ2n) is 5.69. The van der Waals surface area contributed by atoms with Crippen LogP contribution in [0.3, 0.4) is 0 Å². The summed E-state index contributed by atoms with van der Waals surface area (Å²) >= 11 is 0. The first-order valence-electron chi connectivity index (χ1n) is 7.15. The zero-order chi connectivity index (χ0) is 15.5. The zero-order valence-corrected chi connectivity index (χ0v) is 13.1. The van der Waals surface area contributed by atoms with Crippen LogP contribution in [0.1, 0.15) is 18.4 Å². The number of sulfone groups is 1. The van der Waals surface area contributed by atoms with E-state index in [9.17, 15) is 13.2 Å². The summed E-state index contributed by atoms with van der Waals surface area (Å²) in [5, 5.41) is -1.02. The van der Waals surface area contributed by atoms with E-state index in [4.69, 9.17) is 5.73 Å². The van der Waals surface area contributed by atoms with Gasteiger partial charge in [-0.2, -0.15) is 0 Å². The molecule has 0 radical (unpaired) electrons. The van der Waals surface area contributed by atoms with Crippen LogP contribution in [0.2, 0.25) is 0 Å². The third kappa shape index (κ3) is 4.28. The number of rotatable bonds is 4. The normalized spacial score (nSPS) is 21.0. The van der Waals surface area contributed by atoms with Crippen LogP contribution >= 0.6 is 0 Å². The molecule has 5 nitrogen and oxygen atoms in total. The predicted molar refractivity (Wildman–Crippen MR) is 82.6 cm³/mol. The van der Waals surface area contributed by atoms with Crippen LogP contribution in [-0.2, 0) is 21.1 Å². The summed E-state index contributed by atoms with van der Waals surface area (Å²) in [7, 11) is -3.46. The Morgan fingerprint density at radius 2 is 2.05 bits per heavy atom. The first-order chi connectivity index (χ1) is 9.88. The molecule has 1 heterocycles. The molecule has 0 unspecified atom stereocenters. The van der Waals surface area contributed by atoms with Gasteiger partial charge in [-0.3, -0.25) is 4.79 Å². The maximum Gasteiger partial charge on any atom is 0.241 e. The van der Waals surface area contributed by atoms with E-state index in [-0.39, 0.29) is 18.4 Å². The number of benzene rings is 1. The molecule has 1 saturated heterocycles. The molecular formula is C15H22N2O3S. The molecule has 1 aliphatic heterocycles. The van der Waals surface area contributed by atoms with Gasteiger partial charge in [0, 0.05) is 25.4 Å². The maximum absolute atomic E-state index is 12.6. The molecular weight excluding hydrogens is 288 g/mol. The molecule has 116 valence electrons. The van der Waals surface area contributed by atoms with Crippen molar-refractivity contribution in [3.63, 3.8) is 0 Å². The van der Waals surface area contributed by atoms with E-state index < -0.39 is 15.1 Å². The lowest BCUT2D eigenvalue weighted by Crippen LogP contribution is -2.51. The van der Waals surface area contributed by atoms with Crippen molar-refractivity contribution < 1.29 is 13.2 Å². The topological polar surface area (TPSA) is 80.5 Å². The highest BCUT2D eigenvalue weighted by Gasteiger charge is 2.34. The van der Waals surface area contributed by atoms with Gasteiger partial charge in [-0.25, -0.2) is 8.42 Å². The highest BCUT2D eigenvalue weighted by molar-refractivity contribution is 7.92. The first-order valence-corrected chi connectivity index (χ1v) is 9.10. The van der Waals surface area contributed by atoms with E-state index >= 15 is 0 Å². The molecule has 0 saturated carbocycles. The second kappa shape index (κ2) is 6.58. The number of nitrogens with two attached hydrogens (primary N) is 1. The first kappa shape index (κ1) is 16.0. The van der Waals surface area contributed by atoms with Gasteiger partial charge < -0.3 is 10.6 Å². The monoisotopic (exact) mass is 310 g/mol. The highest BCUT2D eigenvalue weighted by Crippen LogP contribution is 2.16. The molecule has 0 bridgehead atoms. The minimum atomic E-state index is -3.46. The number of hydrogen-bond acceptors (Lipinski definition) is 4. The Morgan fingerprint density at radius 1 is 1.38 bits per heavy atom. The smallest absolute Gasteiger partial charge is 0.241 e. The van der Waals surface area contributed by atoms with E-state index in [0.717, 1.165) is 24.7 Å². The summed E-state index contributed by atoms with van der Waals surface area (Å²) in [4.78, 5) is 14.2. The summed E-state index contributed by atoms with van der Waals surface area (Å²) < 4.78 is 24.0. The fourth-order valence-corrected chi connectivity index (χ4v) is 3.67. The van der Waals surface area contributed by atoms with E-state index in [1.807, 2.05) is 30.3 Å². The quantitative estimate of drug-likeness (QED) is 0.883. The number of amides is 1. The second-order valence-corrected chi connectivity index (χ2v) is 7.92. The Morgan fingerprint density at radius 3 is 2.62 bits per heavy atom. The SMILES string of the molecule is CS(=O)(=O)[C@H](Cc1ccccc1)C(=O)N1CCC[C@H](N)C1. The predicted octanol–water partition coefficient (Wildman–Crippen LogP) is 0.592. The third-order valence-corrected chi connectivity index (χ3v) is 5.23. The van der Waals surface area contributed by atoms with Gasteiger partial charge >= 0.3 is 0 Å². The van der Waals surface area contributed by atoms with Crippen LogP contribution in [0.15, 0.2) is 30.3 Å². The summed E-state index contributed by atoms with van der Waals surface area (Å²) in [5.74, 6) is -0.323. The van der Waals surface area contributed by atoms with Crippen molar-refractivity contribution >= 4 is 15.7 Å². The van der Waals surface area contributed by atoms with Crippen LogP contribution < -0.4 is 5.73 Å². The summed E-state index contributed by atoms with van der Waals surface area (Å²) in [6.07, 6.45) is 3.05. The number of piperidine rings is 1. The Labute approximate surface area is 126 Å². The molecule has 2 atom stereocenters. The van der Waals surface area contributed by atoms with Crippen molar-refractivity contribution in [2.45, 2.75) is 30.6 Å². The van der Waals surface area contributed by atoms with Crippen molar-refractivity contribution in [1.82, 2.24) is 4.90 Å². The average molecular weight is 310 g/mol. The van der Waals surface area contributed by atoms with E-state index in [1.54, 1.807) is 4.90 Å². The van der Waals surface area contributed by atoms with Crippen molar-refractivity contribution in [3.05, 3.63) is 35.9 Å². The van der Waals surface area contributed by atoms with Crippen molar-refractivity contribution in [1.29, 1.82) is 0 Å². The van der Waals surface area contributed by atoms with Crippen LogP contribution in [0.25, 0.3) is 0 Å². The third-order valence-electron chi connectivity index (χ3n) is 3.83. The number of likely N-dealkylation sites (tertiary alicyclic amines) is 1. The van der Waals surface area contributed by atoms with Gasteiger partial charge in [0.25, 0.3) is 0 Å². The Balaban J connectivity index is 2.18. The molecule has 1 aromatic rings. The van der Waals surface area contributed by atoms with E-state index in [2.05, 4.69) is 0 Å². The fourth-order valence-electron chi connectivity index (χ4n) is 2.66. The summed E-state index contributed by atoms with van der Waals surface area (Å²) in [6.45, 7) is 1.03. The van der Waals surface area contributed by atoms with E-state index in [1.165, 1.54) is 0 Å². The minimum absolute atomic E-state index is 0.0559. The van der Waals surface area contributed by atoms with E-state index in [0.29, 0.717) is 13.1 Å². The summed E-state index contributed by atoms with van der Waals surface area (Å²) in [6, 6.07) is 9.18. The van der Waals surface area contributed by atoms with Crippen LogP contribution in [-0.4, -0.2) is 49.9 Å². The fraction of sp³-hybridized carbons (Fsp3) is 0.533. The van der Waals surface area contributed by atoms with Crippen LogP contribution in [0, 0.1) is 0 Å². The lowest BCUT2D eigenvalue weighted by atomic mass is 10.0. The summed E-state index contributed by atoms with van der Waals surface area (Å²) in [5.41, 5.74) is 6.73. The standard InChI is InChI=1S/C15H22N2O3S/c1-21(19,20)14(10-12-6-3-2-4-7-12)15(18)17-9-5-8-13(16)11-17/h2-4,6-7,13-14H,5,8-11,16H2,1H3/t13-,14+/m0/s1. The lowest BCUT2D eigenvalue weighted by molar-refractivity contribution is -0.131. The molecule has 0 spiro atoms. The molecule has 0 aromatic heterocycles. The number of hydrogen-bond donors (Lipinski definition) is 1. The van der Waals surface area contributed by atoms with Crippen molar-refractivity contribution in [2.24, 2.45) is 5.73 Å². The molecule has 2 N–H and O–H groups in total. The largest absolute Gasteiger partial charge is 0.340 e. The molecule has 1 amide bonds. The molecule has 6 heteroatoms. The van der Waals surface area contributed by atoms with Gasteiger partial charge in [0.15, 0.2) is 9.84 Å². The van der Waals surface area contributed by atoms with Crippen molar-refractivity contribution in [3.8, 4) is 0 Å². The zero-order valence-electron chi connectivity index (χ0n) is 12.2. The number of nitrogens with zero attached hydrogens (tertiary/aromatic N) is 1. The highest BCUT2D eigenvalue weighted by atomic mass is 32.2. The molecule has 21 heavy (non-hydrogen) atoms. The van der Waals surface area contributed by atoms with Gasteiger partial charge in [0.1, 0.15) is 5.25 Å². The minimum Gasteiger partial charge on any atom is -0.340 e. The molecule has 0 aliphatic carbocycles. The van der Waals surface area contributed by atoms with Gasteiger partial charge in [-0.1, -0.05) is 30.3 Å². The average Bonchev–Trinajstić information content (AvgIpc) is 2.44. The van der Waals surface area contributed by atoms with Gasteiger partial charge in [0.05, 0.1) is 0 Å². The van der Waals surface area contributed by atoms with Crippen LogP contribution in [0.5, 0.6) is 0 Å². The maximum atomic E-state index is 12.6. The Bertz CT molecular complexity index is 586. The molecule has 2 rings (SSSR count).